The van der Waals surface area contributed by atoms with Gasteiger partial charge in [0.2, 0.25) is 5.91 Å². The molecule has 1 aliphatic heterocycles. The van der Waals surface area contributed by atoms with Gasteiger partial charge in [-0.3, -0.25) is 9.69 Å². The van der Waals surface area contributed by atoms with Crippen LogP contribution in [-0.4, -0.2) is 48.6 Å². The van der Waals surface area contributed by atoms with Crippen molar-refractivity contribution in [1.29, 1.82) is 0 Å². The van der Waals surface area contributed by atoms with Crippen LogP contribution in [0.15, 0.2) is 42.6 Å². The highest BCUT2D eigenvalue weighted by molar-refractivity contribution is 7.18. The zero-order valence-electron chi connectivity index (χ0n) is 22.4. The van der Waals surface area contributed by atoms with Crippen LogP contribution in [0.4, 0.5) is 0 Å². The molecule has 0 saturated carbocycles. The number of nitrogens with one attached hydrogen (secondary N) is 1. The SMILES string of the molecule is CC#Cc1cc(-c2ncc(-c3cccc4c3CCC4)s2)ccc1OC(C)C.CNC(=O)CN1CCCC1. The summed E-state index contributed by atoms with van der Waals surface area (Å²) in [5.74, 6) is 7.12. The lowest BCUT2D eigenvalue weighted by molar-refractivity contribution is -0.121. The minimum Gasteiger partial charge on any atom is -0.490 e. The number of hydrogen-bond donors (Lipinski definition) is 1. The monoisotopic (exact) mass is 515 g/mol. The highest BCUT2D eigenvalue weighted by Crippen LogP contribution is 2.38. The Labute approximate surface area is 225 Å². The number of hydrogen-bond acceptors (Lipinski definition) is 5. The van der Waals surface area contributed by atoms with Crippen LogP contribution in [-0.2, 0) is 17.6 Å². The molecule has 1 saturated heterocycles. The number of fused-ring (bicyclic) bond motifs is 1. The number of likely N-dealkylation sites (tertiary alicyclic amines) is 1. The standard InChI is InChI=1S/C24H23NOS.C7H14N2O/c1-4-7-18-14-19(12-13-22(18)26-16(2)3)24-25-15-23(27-24)21-11-6-9-17-8-5-10-20(17)21;1-8-7(10)6-9-4-2-3-5-9/h6,9,11-16H,5,8,10H2,1-3H3;2-6H2,1H3,(H,8,10). The van der Waals surface area contributed by atoms with E-state index < -0.39 is 0 Å². The van der Waals surface area contributed by atoms with E-state index in [1.165, 1.54) is 53.7 Å². The number of rotatable bonds is 6. The predicted octanol–water partition coefficient (Wildman–Crippen LogP) is 5.95. The number of likely N-dealkylation sites (N-methyl/N-ethyl adjacent to an activating group) is 1. The summed E-state index contributed by atoms with van der Waals surface area (Å²) in [7, 11) is 1.68. The lowest BCUT2D eigenvalue weighted by Crippen LogP contribution is -2.33. The summed E-state index contributed by atoms with van der Waals surface area (Å²) in [4.78, 5) is 18.9. The van der Waals surface area contributed by atoms with Crippen molar-refractivity contribution in [2.45, 2.75) is 59.0 Å². The van der Waals surface area contributed by atoms with E-state index in [9.17, 15) is 4.79 Å². The Balaban J connectivity index is 0.000000270. The zero-order valence-corrected chi connectivity index (χ0v) is 23.2. The molecule has 0 unspecified atom stereocenters. The van der Waals surface area contributed by atoms with Gasteiger partial charge < -0.3 is 10.1 Å². The molecule has 1 N–H and O–H groups in total. The van der Waals surface area contributed by atoms with Gasteiger partial charge in [0.25, 0.3) is 0 Å². The Kier molecular flexibility index (Phi) is 9.38. The molecule has 1 amide bonds. The lowest BCUT2D eigenvalue weighted by Gasteiger charge is -2.12. The molecular formula is C31H37N3O2S. The number of aryl methyl sites for hydroxylation is 1. The van der Waals surface area contributed by atoms with Gasteiger partial charge in [-0.25, -0.2) is 4.98 Å². The summed E-state index contributed by atoms with van der Waals surface area (Å²) in [6, 6.07) is 12.8. The molecule has 194 valence electrons. The Bertz CT molecular complexity index is 1280. The Hall–Kier alpha value is -3.14. The molecule has 0 atom stereocenters. The molecule has 3 aromatic rings. The smallest absolute Gasteiger partial charge is 0.233 e. The average molecular weight is 516 g/mol. The minimum absolute atomic E-state index is 0.125. The summed E-state index contributed by atoms with van der Waals surface area (Å²) in [6.07, 6.45) is 8.27. The second kappa shape index (κ2) is 12.9. The van der Waals surface area contributed by atoms with E-state index in [-0.39, 0.29) is 12.0 Å². The molecule has 2 aliphatic rings. The summed E-state index contributed by atoms with van der Waals surface area (Å²) in [5, 5.41) is 3.64. The maximum absolute atomic E-state index is 10.8. The van der Waals surface area contributed by atoms with Crippen molar-refractivity contribution in [3.8, 4) is 38.6 Å². The molecule has 0 spiro atoms. The van der Waals surface area contributed by atoms with Crippen LogP contribution < -0.4 is 10.1 Å². The molecule has 6 heteroatoms. The number of thiazole rings is 1. The molecule has 1 aliphatic carbocycles. The summed E-state index contributed by atoms with van der Waals surface area (Å²) in [5.41, 5.74) is 6.36. The Morgan fingerprint density at radius 3 is 2.70 bits per heavy atom. The predicted molar refractivity (Wildman–Crippen MR) is 153 cm³/mol. The van der Waals surface area contributed by atoms with E-state index >= 15 is 0 Å². The molecular weight excluding hydrogens is 478 g/mol. The lowest BCUT2D eigenvalue weighted by atomic mass is 10.0. The third-order valence-electron chi connectivity index (χ3n) is 6.61. The van der Waals surface area contributed by atoms with Crippen molar-refractivity contribution >= 4 is 17.2 Å². The number of benzene rings is 2. The van der Waals surface area contributed by atoms with Crippen molar-refractivity contribution in [3.63, 3.8) is 0 Å². The van der Waals surface area contributed by atoms with Gasteiger partial charge in [0, 0.05) is 18.8 Å². The van der Waals surface area contributed by atoms with Crippen LogP contribution in [0.1, 0.15) is 56.7 Å². The van der Waals surface area contributed by atoms with Gasteiger partial charge in [0.15, 0.2) is 0 Å². The fourth-order valence-corrected chi connectivity index (χ4v) is 5.82. The Morgan fingerprint density at radius 2 is 1.97 bits per heavy atom. The van der Waals surface area contributed by atoms with Crippen molar-refractivity contribution < 1.29 is 9.53 Å². The molecule has 0 radical (unpaired) electrons. The van der Waals surface area contributed by atoms with E-state index in [2.05, 4.69) is 52.4 Å². The molecule has 5 rings (SSSR count). The summed E-state index contributed by atoms with van der Waals surface area (Å²) >= 11 is 1.75. The maximum atomic E-state index is 10.8. The van der Waals surface area contributed by atoms with E-state index in [1.807, 2.05) is 33.0 Å². The van der Waals surface area contributed by atoms with Gasteiger partial charge in [-0.15, -0.1) is 17.3 Å². The zero-order chi connectivity index (χ0) is 26.2. The van der Waals surface area contributed by atoms with Crippen LogP contribution >= 0.6 is 11.3 Å². The fraction of sp³-hybridized carbons (Fsp3) is 0.419. The van der Waals surface area contributed by atoms with Crippen LogP contribution in [0.25, 0.3) is 21.0 Å². The maximum Gasteiger partial charge on any atom is 0.233 e. The van der Waals surface area contributed by atoms with Crippen LogP contribution in [0.2, 0.25) is 0 Å². The quantitative estimate of drug-likeness (QED) is 0.412. The summed E-state index contributed by atoms with van der Waals surface area (Å²) < 4.78 is 5.89. The Morgan fingerprint density at radius 1 is 1.16 bits per heavy atom. The van der Waals surface area contributed by atoms with E-state index in [4.69, 9.17) is 9.72 Å². The number of aromatic nitrogens is 1. The second-order valence-corrected chi connectivity index (χ2v) is 10.8. The third-order valence-corrected chi connectivity index (χ3v) is 7.69. The van der Waals surface area contributed by atoms with Crippen molar-refractivity contribution in [1.82, 2.24) is 15.2 Å². The normalized spacial score (nSPS) is 14.4. The van der Waals surface area contributed by atoms with Gasteiger partial charge in [-0.05, 0) is 101 Å². The highest BCUT2D eigenvalue weighted by atomic mass is 32.1. The molecule has 2 heterocycles. The second-order valence-electron chi connectivity index (χ2n) is 9.74. The van der Waals surface area contributed by atoms with Gasteiger partial charge >= 0.3 is 0 Å². The molecule has 1 fully saturated rings. The first-order valence-electron chi connectivity index (χ1n) is 13.2. The van der Waals surface area contributed by atoms with Gasteiger partial charge in [-0.2, -0.15) is 0 Å². The van der Waals surface area contributed by atoms with E-state index in [0.29, 0.717) is 6.54 Å². The fourth-order valence-electron chi connectivity index (χ4n) is 4.86. The van der Waals surface area contributed by atoms with Crippen molar-refractivity contribution in [2.75, 3.05) is 26.7 Å². The molecule has 1 aromatic heterocycles. The van der Waals surface area contributed by atoms with Crippen molar-refractivity contribution in [3.05, 3.63) is 59.3 Å². The first-order chi connectivity index (χ1) is 18.0. The van der Waals surface area contributed by atoms with Crippen LogP contribution in [0.5, 0.6) is 5.75 Å². The number of carbonyl (C=O) groups excluding carboxylic acids is 1. The topological polar surface area (TPSA) is 54.5 Å². The van der Waals surface area contributed by atoms with E-state index in [0.717, 1.165) is 35.0 Å². The number of ether oxygens (including phenoxy) is 1. The first kappa shape index (κ1) is 26.9. The van der Waals surface area contributed by atoms with Gasteiger partial charge in [0.05, 0.1) is 23.1 Å². The number of carbonyl (C=O) groups is 1. The van der Waals surface area contributed by atoms with Gasteiger partial charge in [0.1, 0.15) is 10.8 Å². The minimum atomic E-state index is 0.125. The molecule has 2 aromatic carbocycles. The first-order valence-corrected chi connectivity index (χ1v) is 14.0. The number of amides is 1. The van der Waals surface area contributed by atoms with Crippen LogP contribution in [0, 0.1) is 11.8 Å². The third kappa shape index (κ3) is 7.00. The molecule has 37 heavy (non-hydrogen) atoms. The number of nitrogens with zero attached hydrogens (tertiary/aromatic N) is 2. The van der Waals surface area contributed by atoms with Crippen molar-refractivity contribution in [2.24, 2.45) is 0 Å². The largest absolute Gasteiger partial charge is 0.490 e. The van der Waals surface area contributed by atoms with Crippen LogP contribution in [0.3, 0.4) is 0 Å². The molecule has 0 bridgehead atoms. The van der Waals surface area contributed by atoms with Gasteiger partial charge in [-0.1, -0.05) is 24.1 Å². The average Bonchev–Trinajstić information content (AvgIpc) is 3.67. The summed E-state index contributed by atoms with van der Waals surface area (Å²) in [6.45, 7) is 8.67. The van der Waals surface area contributed by atoms with E-state index in [1.54, 1.807) is 18.4 Å². The molecule has 5 nitrogen and oxygen atoms in total. The highest BCUT2D eigenvalue weighted by Gasteiger charge is 2.18.